The van der Waals surface area contributed by atoms with Crippen molar-refractivity contribution in [1.29, 1.82) is 0 Å². The van der Waals surface area contributed by atoms with Gasteiger partial charge >= 0.3 is 0 Å². The predicted octanol–water partition coefficient (Wildman–Crippen LogP) is -0.236. The maximum Gasteiger partial charge on any atom is 0.0924 e. The first kappa shape index (κ1) is 5.25. The molecule has 0 aliphatic carbocycles. The van der Waals surface area contributed by atoms with E-state index in [0.717, 1.165) is 12.4 Å². The Morgan fingerprint density at radius 2 is 2.57 bits per heavy atom. The van der Waals surface area contributed by atoms with E-state index in [9.17, 15) is 4.21 Å². The lowest BCUT2D eigenvalue weighted by Gasteiger charge is -1.83. The summed E-state index contributed by atoms with van der Waals surface area (Å²) in [4.78, 5) is 0. The highest BCUT2D eigenvalue weighted by Crippen LogP contribution is 2.08. The first-order chi connectivity index (χ1) is 3.29. The molecule has 0 aromatic carbocycles. The Balaban J connectivity index is 2.08. The summed E-state index contributed by atoms with van der Waals surface area (Å²) >= 11 is 0. The van der Waals surface area contributed by atoms with Crippen LogP contribution < -0.4 is 0 Å². The van der Waals surface area contributed by atoms with Crippen LogP contribution in [-0.4, -0.2) is 28.9 Å². The molecule has 0 aromatic rings. The fourth-order valence-electron chi connectivity index (χ4n) is 0.426. The molecule has 42 valence electrons. The van der Waals surface area contributed by atoms with Gasteiger partial charge in [0.15, 0.2) is 0 Å². The van der Waals surface area contributed by atoms with Crippen molar-refractivity contribution in [2.45, 2.75) is 6.10 Å². The highest BCUT2D eigenvalue weighted by atomic mass is 32.2. The van der Waals surface area contributed by atoms with Crippen molar-refractivity contribution in [3.63, 3.8) is 0 Å². The highest BCUT2D eigenvalue weighted by Gasteiger charge is 2.22. The van der Waals surface area contributed by atoms with Crippen molar-refractivity contribution in [1.82, 2.24) is 0 Å². The lowest BCUT2D eigenvalue weighted by atomic mass is 10.6. The van der Waals surface area contributed by atoms with E-state index in [1.54, 1.807) is 6.26 Å². The summed E-state index contributed by atoms with van der Waals surface area (Å²) in [5.41, 5.74) is 0. The molecule has 0 saturated carbocycles. The zero-order valence-corrected chi connectivity index (χ0v) is 5.03. The number of hydrogen-bond acceptors (Lipinski definition) is 2. The summed E-state index contributed by atoms with van der Waals surface area (Å²) in [6.45, 7) is 0.819. The van der Waals surface area contributed by atoms with Crippen LogP contribution in [0.2, 0.25) is 0 Å². The summed E-state index contributed by atoms with van der Waals surface area (Å²) < 4.78 is 15.2. The third-order valence-corrected chi connectivity index (χ3v) is 1.66. The average Bonchev–Trinajstić information content (AvgIpc) is 2.17. The van der Waals surface area contributed by atoms with Gasteiger partial charge < -0.3 is 4.74 Å². The predicted molar refractivity (Wildman–Crippen MR) is 28.7 cm³/mol. The first-order valence-electron chi connectivity index (χ1n) is 2.20. The number of ether oxygens (including phenoxy) is 1. The summed E-state index contributed by atoms with van der Waals surface area (Å²) in [5, 5.41) is 0. The van der Waals surface area contributed by atoms with Crippen molar-refractivity contribution >= 4 is 10.8 Å². The molecular weight excluding hydrogens is 112 g/mol. The van der Waals surface area contributed by atoms with Gasteiger partial charge in [0.2, 0.25) is 0 Å². The van der Waals surface area contributed by atoms with Gasteiger partial charge in [-0.2, -0.15) is 0 Å². The van der Waals surface area contributed by atoms with Crippen LogP contribution >= 0.6 is 0 Å². The minimum atomic E-state index is -0.658. The molecule has 1 rings (SSSR count). The molecule has 1 aliphatic rings. The van der Waals surface area contributed by atoms with Crippen molar-refractivity contribution in [2.24, 2.45) is 0 Å². The van der Waals surface area contributed by atoms with Crippen LogP contribution in [0.3, 0.4) is 0 Å². The van der Waals surface area contributed by atoms with Crippen LogP contribution in [0.4, 0.5) is 0 Å². The molecule has 2 nitrogen and oxygen atoms in total. The number of epoxide rings is 1. The third-order valence-electron chi connectivity index (χ3n) is 0.823. The van der Waals surface area contributed by atoms with Gasteiger partial charge in [-0.05, 0) is 0 Å². The van der Waals surface area contributed by atoms with E-state index in [1.807, 2.05) is 0 Å². The van der Waals surface area contributed by atoms with E-state index < -0.39 is 10.8 Å². The van der Waals surface area contributed by atoms with Gasteiger partial charge in [0.05, 0.1) is 18.5 Å². The van der Waals surface area contributed by atoms with Crippen molar-refractivity contribution in [2.75, 3.05) is 18.6 Å². The average molecular weight is 120 g/mol. The SMILES string of the molecule is CS(=O)C[C@H]1CO1. The molecule has 0 bridgehead atoms. The monoisotopic (exact) mass is 120 g/mol. The van der Waals surface area contributed by atoms with Crippen molar-refractivity contribution in [3.8, 4) is 0 Å². The standard InChI is InChI=1S/C4H8O2S/c1-7(5)3-4-2-6-4/h4H,2-3H2,1H3/t4-,7?/m1/s1. The van der Waals surface area contributed by atoms with E-state index in [1.165, 1.54) is 0 Å². The quantitative estimate of drug-likeness (QED) is 0.471. The van der Waals surface area contributed by atoms with Gasteiger partial charge in [-0.1, -0.05) is 0 Å². The van der Waals surface area contributed by atoms with Crippen LogP contribution in [0, 0.1) is 0 Å². The number of hydrogen-bond donors (Lipinski definition) is 0. The van der Waals surface area contributed by atoms with Crippen LogP contribution in [0.5, 0.6) is 0 Å². The molecule has 1 saturated heterocycles. The number of rotatable bonds is 2. The van der Waals surface area contributed by atoms with E-state index in [2.05, 4.69) is 0 Å². The molecule has 0 radical (unpaired) electrons. The molecule has 1 fully saturated rings. The van der Waals surface area contributed by atoms with Gasteiger partial charge in [-0.15, -0.1) is 0 Å². The zero-order chi connectivity index (χ0) is 5.28. The highest BCUT2D eigenvalue weighted by molar-refractivity contribution is 7.84. The van der Waals surface area contributed by atoms with Crippen LogP contribution in [-0.2, 0) is 15.5 Å². The summed E-state index contributed by atoms with van der Waals surface area (Å²) in [6.07, 6.45) is 2.02. The lowest BCUT2D eigenvalue weighted by Crippen LogP contribution is -2.00. The second-order valence-electron chi connectivity index (χ2n) is 1.70. The van der Waals surface area contributed by atoms with Gasteiger partial charge in [-0.25, -0.2) is 0 Å². The summed E-state index contributed by atoms with van der Waals surface area (Å²) in [6, 6.07) is 0. The zero-order valence-electron chi connectivity index (χ0n) is 4.22. The van der Waals surface area contributed by atoms with Crippen LogP contribution in [0.1, 0.15) is 0 Å². The van der Waals surface area contributed by atoms with Crippen molar-refractivity contribution < 1.29 is 8.95 Å². The van der Waals surface area contributed by atoms with Gasteiger partial charge in [0.1, 0.15) is 0 Å². The maximum atomic E-state index is 10.3. The van der Waals surface area contributed by atoms with Crippen molar-refractivity contribution in [3.05, 3.63) is 0 Å². The minimum Gasteiger partial charge on any atom is -0.372 e. The van der Waals surface area contributed by atoms with E-state index in [4.69, 9.17) is 4.74 Å². The van der Waals surface area contributed by atoms with Crippen LogP contribution in [0.15, 0.2) is 0 Å². The second kappa shape index (κ2) is 1.92. The molecule has 0 N–H and O–H groups in total. The van der Waals surface area contributed by atoms with E-state index in [0.29, 0.717) is 6.10 Å². The summed E-state index contributed by atoms with van der Waals surface area (Å²) in [7, 11) is -0.658. The smallest absolute Gasteiger partial charge is 0.0924 e. The molecule has 1 unspecified atom stereocenters. The molecular formula is C4H8O2S. The molecule has 7 heavy (non-hydrogen) atoms. The van der Waals surface area contributed by atoms with E-state index in [-0.39, 0.29) is 0 Å². The van der Waals surface area contributed by atoms with Gasteiger partial charge in [0, 0.05) is 17.1 Å². The Morgan fingerprint density at radius 1 is 2.00 bits per heavy atom. The Bertz CT molecular complexity index is 87.7. The molecule has 0 aromatic heterocycles. The normalized spacial score (nSPS) is 32.4. The third kappa shape index (κ3) is 2.04. The first-order valence-corrected chi connectivity index (χ1v) is 3.93. The Hall–Kier alpha value is 0.110. The van der Waals surface area contributed by atoms with E-state index >= 15 is 0 Å². The Morgan fingerprint density at radius 3 is 2.71 bits per heavy atom. The topological polar surface area (TPSA) is 29.6 Å². The molecule has 0 amide bonds. The maximum absolute atomic E-state index is 10.3. The largest absolute Gasteiger partial charge is 0.372 e. The van der Waals surface area contributed by atoms with Crippen LogP contribution in [0.25, 0.3) is 0 Å². The fourth-order valence-corrected chi connectivity index (χ4v) is 1.14. The molecule has 2 atom stereocenters. The Kier molecular flexibility index (Phi) is 1.44. The second-order valence-corrected chi connectivity index (χ2v) is 3.17. The fraction of sp³-hybridized carbons (Fsp3) is 1.00. The Labute approximate surface area is 45.3 Å². The molecule has 0 spiro atoms. The minimum absolute atomic E-state index is 0.325. The molecule has 1 aliphatic heterocycles. The molecule has 3 heteroatoms. The lowest BCUT2D eigenvalue weighted by molar-refractivity contribution is 0.425. The van der Waals surface area contributed by atoms with Gasteiger partial charge in [0.25, 0.3) is 0 Å². The molecule has 1 heterocycles. The summed E-state index contributed by atoms with van der Waals surface area (Å²) in [5.74, 6) is 0.722. The van der Waals surface area contributed by atoms with Gasteiger partial charge in [-0.3, -0.25) is 4.21 Å².